The van der Waals surface area contributed by atoms with Crippen molar-refractivity contribution in [2.24, 2.45) is 0 Å². The third-order valence-electron chi connectivity index (χ3n) is 2.75. The number of ether oxygens (including phenoxy) is 1. The molecule has 1 aliphatic heterocycles. The maximum Gasteiger partial charge on any atom is 1.00 e. The van der Waals surface area contributed by atoms with Gasteiger partial charge in [-0.1, -0.05) is 0 Å². The smallest absolute Gasteiger partial charge is 0.731 e. The summed E-state index contributed by atoms with van der Waals surface area (Å²) in [6.45, 7) is -0.366. The van der Waals surface area contributed by atoms with E-state index in [-0.39, 0.29) is 40.4 Å². The Balaban J connectivity index is 0.00000264. The number of amides is 2. The van der Waals surface area contributed by atoms with Crippen LogP contribution in [0.5, 0.6) is 0 Å². The van der Waals surface area contributed by atoms with Gasteiger partial charge in [-0.15, -0.1) is 5.10 Å². The van der Waals surface area contributed by atoms with Crippen LogP contribution in [0.25, 0.3) is 0 Å². The average Bonchev–Trinajstić information content (AvgIpc) is 2.92. The number of nitrogens with one attached hydrogen (secondary N) is 1. The first-order chi connectivity index (χ1) is 10.3. The van der Waals surface area contributed by atoms with Gasteiger partial charge in [0.1, 0.15) is 18.9 Å². The molecule has 13 nitrogen and oxygen atoms in total. The number of methoxy groups -OCH3 is 1. The van der Waals surface area contributed by atoms with Crippen molar-refractivity contribution in [3.8, 4) is 0 Å². The van der Waals surface area contributed by atoms with E-state index < -0.39 is 40.2 Å². The van der Waals surface area contributed by atoms with Gasteiger partial charge in [0.2, 0.25) is 5.91 Å². The zero-order valence-corrected chi connectivity index (χ0v) is 14.8. The number of rotatable bonds is 5. The Kier molecular flexibility index (Phi) is 6.18. The van der Waals surface area contributed by atoms with Gasteiger partial charge in [0.05, 0.1) is 7.11 Å². The van der Waals surface area contributed by atoms with Gasteiger partial charge >= 0.3 is 35.5 Å². The predicted molar refractivity (Wildman–Crippen MR) is 62.1 cm³/mol. The van der Waals surface area contributed by atoms with Crippen LogP contribution in [-0.2, 0) is 36.0 Å². The largest absolute Gasteiger partial charge is 1.00 e. The summed E-state index contributed by atoms with van der Waals surface area (Å²) in [4.78, 5) is 34.8. The van der Waals surface area contributed by atoms with Gasteiger partial charge in [0.15, 0.2) is 16.3 Å². The molecule has 1 aliphatic rings. The van der Waals surface area contributed by atoms with Gasteiger partial charge in [0.25, 0.3) is 5.91 Å². The number of aromatic nitrogens is 4. The third-order valence-corrected chi connectivity index (χ3v) is 3.64. The fourth-order valence-electron chi connectivity index (χ4n) is 1.82. The molecule has 1 aromatic heterocycles. The summed E-state index contributed by atoms with van der Waals surface area (Å²) in [5.74, 6) is -3.13. The quantitative estimate of drug-likeness (QED) is 0.231. The van der Waals surface area contributed by atoms with Crippen molar-refractivity contribution in [3.63, 3.8) is 0 Å². The fraction of sp³-hybridized carbons (Fsp3) is 0.500. The molecule has 0 spiro atoms. The molecule has 15 heteroatoms. The molecule has 0 aromatic carbocycles. The molecule has 0 radical (unpaired) electrons. The van der Waals surface area contributed by atoms with E-state index >= 15 is 0 Å². The van der Waals surface area contributed by atoms with Gasteiger partial charge in [-0.25, -0.2) is 22.2 Å². The SMILES string of the molecule is COC(=O)[C@@H]1[C@H](NC(=O)Cn2cnnn2)C(=O)N1S(=O)(=O)[O-].[Na+]. The first-order valence-electron chi connectivity index (χ1n) is 5.62. The summed E-state index contributed by atoms with van der Waals surface area (Å²) in [5.41, 5.74) is 0. The number of hydrogen-bond acceptors (Lipinski definition) is 10. The fourth-order valence-corrected chi connectivity index (χ4v) is 2.64. The van der Waals surface area contributed by atoms with Crippen LogP contribution in [0.4, 0.5) is 0 Å². The standard InChI is InChI=1S/C8H10N6O7S.Na/c1-21-8(17)6-5(7(16)14(6)22(18,19)20)10-4(15)2-13-3-9-11-12-13;/h3,5-6H,2H2,1H3,(H,10,15)(H,18,19,20);/q;+1/p-1/t5-,6-;/m0./s1. The normalized spacial score (nSPS) is 20.3. The van der Waals surface area contributed by atoms with E-state index in [2.05, 4.69) is 25.6 Å². The number of hydrogen-bond donors (Lipinski definition) is 1. The van der Waals surface area contributed by atoms with E-state index in [4.69, 9.17) is 0 Å². The number of esters is 1. The summed E-state index contributed by atoms with van der Waals surface area (Å²) >= 11 is 0. The van der Waals surface area contributed by atoms with Crippen LogP contribution in [0, 0.1) is 0 Å². The molecule has 2 amide bonds. The summed E-state index contributed by atoms with van der Waals surface area (Å²) in [5, 5.41) is 12.1. The van der Waals surface area contributed by atoms with E-state index in [0.717, 1.165) is 18.1 Å². The number of carbonyl (C=O) groups excluding carboxylic acids is 3. The van der Waals surface area contributed by atoms with Gasteiger partial charge in [-0.2, -0.15) is 0 Å². The van der Waals surface area contributed by atoms with Crippen LogP contribution >= 0.6 is 0 Å². The second kappa shape index (κ2) is 7.31. The second-order valence-corrected chi connectivity index (χ2v) is 5.36. The number of β-lactam (4-membered cyclic amide) rings is 1. The third kappa shape index (κ3) is 4.03. The van der Waals surface area contributed by atoms with Crippen LogP contribution in [0.15, 0.2) is 6.33 Å². The van der Waals surface area contributed by atoms with Crippen molar-refractivity contribution < 1.29 is 61.6 Å². The van der Waals surface area contributed by atoms with Crippen LogP contribution < -0.4 is 34.9 Å². The van der Waals surface area contributed by atoms with Crippen molar-refractivity contribution in [1.29, 1.82) is 0 Å². The molecular formula is C8H9N6NaO7S. The second-order valence-electron chi connectivity index (χ2n) is 4.11. The maximum absolute atomic E-state index is 11.7. The molecule has 0 unspecified atom stereocenters. The Bertz CT molecular complexity index is 707. The Morgan fingerprint density at radius 1 is 1.48 bits per heavy atom. The average molecular weight is 356 g/mol. The van der Waals surface area contributed by atoms with Crippen LogP contribution in [-0.4, -0.2) is 74.5 Å². The van der Waals surface area contributed by atoms with Crippen molar-refractivity contribution in [3.05, 3.63) is 6.33 Å². The van der Waals surface area contributed by atoms with E-state index in [1.165, 1.54) is 0 Å². The predicted octanol–water partition coefficient (Wildman–Crippen LogP) is -6.99. The molecule has 1 saturated heterocycles. The summed E-state index contributed by atoms with van der Waals surface area (Å²) < 4.78 is 38.0. The minimum Gasteiger partial charge on any atom is -0.731 e. The van der Waals surface area contributed by atoms with E-state index in [1.807, 2.05) is 0 Å². The molecule has 0 bridgehead atoms. The molecule has 1 aromatic rings. The molecule has 2 atom stereocenters. The van der Waals surface area contributed by atoms with Crippen molar-refractivity contribution >= 4 is 28.1 Å². The molecule has 2 heterocycles. The van der Waals surface area contributed by atoms with E-state index in [0.29, 0.717) is 0 Å². The number of nitrogens with zero attached hydrogens (tertiary/aromatic N) is 5. The first-order valence-corrected chi connectivity index (χ1v) is 6.99. The Morgan fingerprint density at radius 3 is 2.61 bits per heavy atom. The van der Waals surface area contributed by atoms with Gasteiger partial charge < -0.3 is 14.6 Å². The van der Waals surface area contributed by atoms with Crippen LogP contribution in [0.1, 0.15) is 0 Å². The van der Waals surface area contributed by atoms with Crippen molar-refractivity contribution in [2.45, 2.75) is 18.6 Å². The van der Waals surface area contributed by atoms with Gasteiger partial charge in [-0.05, 0) is 10.4 Å². The summed E-state index contributed by atoms with van der Waals surface area (Å²) in [7, 11) is -4.25. The first kappa shape index (κ1) is 19.4. The number of tetrazole rings is 1. The molecule has 0 aliphatic carbocycles. The van der Waals surface area contributed by atoms with Gasteiger partial charge in [-0.3, -0.25) is 9.59 Å². The monoisotopic (exact) mass is 356 g/mol. The Hall–Kier alpha value is -1.61. The Morgan fingerprint density at radius 2 is 2.13 bits per heavy atom. The van der Waals surface area contributed by atoms with E-state index in [1.54, 1.807) is 0 Å². The topological polar surface area (TPSA) is 177 Å². The van der Waals surface area contributed by atoms with Gasteiger partial charge in [0, 0.05) is 0 Å². The van der Waals surface area contributed by atoms with Crippen LogP contribution in [0.3, 0.4) is 0 Å². The zero-order chi connectivity index (χ0) is 16.5. The molecule has 1 fully saturated rings. The molecule has 23 heavy (non-hydrogen) atoms. The molecule has 120 valence electrons. The molecule has 1 N–H and O–H groups in total. The van der Waals surface area contributed by atoms with Crippen LogP contribution in [0.2, 0.25) is 0 Å². The maximum atomic E-state index is 11.7. The minimum absolute atomic E-state index is 0. The summed E-state index contributed by atoms with van der Waals surface area (Å²) in [6.07, 6.45) is 1.13. The van der Waals surface area contributed by atoms with E-state index in [9.17, 15) is 27.4 Å². The Labute approximate surface area is 151 Å². The minimum atomic E-state index is -5.19. The van der Waals surface area contributed by atoms with Crippen molar-refractivity contribution in [2.75, 3.05) is 7.11 Å². The zero-order valence-electron chi connectivity index (χ0n) is 11.9. The number of carbonyl (C=O) groups is 3. The molecule has 0 saturated carbocycles. The molecule has 2 rings (SSSR count). The van der Waals surface area contributed by atoms with Crippen molar-refractivity contribution in [1.82, 2.24) is 29.8 Å². The molecular weight excluding hydrogens is 347 g/mol. The summed E-state index contributed by atoms with van der Waals surface area (Å²) in [6, 6.07) is -3.25.